The van der Waals surface area contributed by atoms with Gasteiger partial charge in [0.1, 0.15) is 0 Å². The number of benzene rings is 2. The van der Waals surface area contributed by atoms with Crippen molar-refractivity contribution in [2.24, 2.45) is 0 Å². The summed E-state index contributed by atoms with van der Waals surface area (Å²) in [7, 11) is 0. The largest absolute Gasteiger partial charge is 0.465 e. The summed E-state index contributed by atoms with van der Waals surface area (Å²) in [4.78, 5) is 17.5. The van der Waals surface area contributed by atoms with Gasteiger partial charge in [-0.25, -0.2) is 4.57 Å². The van der Waals surface area contributed by atoms with Crippen molar-refractivity contribution in [2.45, 2.75) is 6.92 Å². The van der Waals surface area contributed by atoms with Gasteiger partial charge in [-0.1, -0.05) is 35.0 Å². The fourth-order valence-corrected chi connectivity index (χ4v) is 2.76. The lowest BCUT2D eigenvalue weighted by Gasteiger charge is -2.12. The van der Waals surface area contributed by atoms with Gasteiger partial charge in [-0.05, 0) is 43.3 Å². The fraction of sp³-hybridized carbons (Fsp3) is 0.111. The Kier molecular flexibility index (Phi) is 4.14. The Morgan fingerprint density at radius 1 is 1.04 bits per heavy atom. The summed E-state index contributed by atoms with van der Waals surface area (Å²) in [6, 6.07) is 16.4. The van der Waals surface area contributed by atoms with Crippen LogP contribution in [0.2, 0.25) is 5.02 Å². The quantitative estimate of drug-likeness (QED) is 0.554. The van der Waals surface area contributed by atoms with Crippen molar-refractivity contribution in [2.75, 3.05) is 6.61 Å². The highest BCUT2D eigenvalue weighted by Gasteiger charge is 2.19. The highest BCUT2D eigenvalue weighted by atomic mass is 35.5. The summed E-state index contributed by atoms with van der Waals surface area (Å²) >= 11 is 5.94. The SMILES string of the molecule is CCOc1nc2c(nnn2-c2ccc(Cl)cc2)c(=O)n1-c1ccccc1. The number of fused-ring (bicyclic) bond motifs is 1. The monoisotopic (exact) mass is 367 g/mol. The molecule has 2 aromatic heterocycles. The van der Waals surface area contributed by atoms with E-state index in [0.717, 1.165) is 0 Å². The van der Waals surface area contributed by atoms with Crippen LogP contribution in [0, 0.1) is 0 Å². The maximum absolute atomic E-state index is 13.0. The van der Waals surface area contributed by atoms with Gasteiger partial charge >= 0.3 is 6.01 Å². The van der Waals surface area contributed by atoms with Crippen LogP contribution in [0.5, 0.6) is 6.01 Å². The van der Waals surface area contributed by atoms with E-state index in [1.807, 2.05) is 25.1 Å². The topological polar surface area (TPSA) is 74.8 Å². The first-order chi connectivity index (χ1) is 12.7. The molecule has 2 heterocycles. The van der Waals surface area contributed by atoms with Crippen molar-refractivity contribution in [1.29, 1.82) is 0 Å². The predicted octanol–water partition coefficient (Wildman–Crippen LogP) is 3.02. The fourth-order valence-electron chi connectivity index (χ4n) is 2.64. The van der Waals surface area contributed by atoms with E-state index in [1.54, 1.807) is 36.4 Å². The number of hydrogen-bond acceptors (Lipinski definition) is 5. The molecule has 0 unspecified atom stereocenters. The molecule has 0 aliphatic rings. The molecule has 0 N–H and O–H groups in total. The van der Waals surface area contributed by atoms with E-state index in [1.165, 1.54) is 9.25 Å². The molecule has 0 amide bonds. The summed E-state index contributed by atoms with van der Waals surface area (Å²) < 4.78 is 8.51. The first-order valence-corrected chi connectivity index (χ1v) is 8.39. The minimum absolute atomic E-state index is 0.159. The second-order valence-corrected chi connectivity index (χ2v) is 5.89. The Bertz CT molecular complexity index is 1120. The summed E-state index contributed by atoms with van der Waals surface area (Å²) in [5.74, 6) is 0. The standard InChI is InChI=1S/C18H14ClN5O2/c1-2-26-18-20-16-15(17(25)23(18)13-6-4-3-5-7-13)21-22-24(16)14-10-8-12(19)9-11-14/h3-11H,2H2,1H3. The zero-order chi connectivity index (χ0) is 18.1. The van der Waals surface area contributed by atoms with Crippen LogP contribution in [-0.2, 0) is 0 Å². The average Bonchev–Trinajstić information content (AvgIpc) is 3.08. The molecule has 0 radical (unpaired) electrons. The van der Waals surface area contributed by atoms with E-state index in [0.29, 0.717) is 28.7 Å². The van der Waals surface area contributed by atoms with Gasteiger partial charge in [0.15, 0.2) is 11.2 Å². The van der Waals surface area contributed by atoms with Gasteiger partial charge in [0.2, 0.25) is 0 Å². The molecule has 8 heteroatoms. The zero-order valence-electron chi connectivity index (χ0n) is 13.8. The Morgan fingerprint density at radius 3 is 2.46 bits per heavy atom. The molecule has 0 spiro atoms. The number of hydrogen-bond donors (Lipinski definition) is 0. The van der Waals surface area contributed by atoms with Crippen LogP contribution < -0.4 is 10.3 Å². The highest BCUT2D eigenvalue weighted by molar-refractivity contribution is 6.30. The summed E-state index contributed by atoms with van der Waals surface area (Å²) in [5.41, 5.74) is 1.49. The lowest BCUT2D eigenvalue weighted by molar-refractivity contribution is 0.303. The van der Waals surface area contributed by atoms with Gasteiger partial charge in [0.05, 0.1) is 18.0 Å². The molecule has 4 aromatic rings. The van der Waals surface area contributed by atoms with Crippen molar-refractivity contribution < 1.29 is 4.74 Å². The van der Waals surface area contributed by atoms with E-state index in [9.17, 15) is 4.79 Å². The van der Waals surface area contributed by atoms with Gasteiger partial charge in [-0.15, -0.1) is 5.10 Å². The molecular weight excluding hydrogens is 354 g/mol. The summed E-state index contributed by atoms with van der Waals surface area (Å²) in [6.07, 6.45) is 0. The third-order valence-electron chi connectivity index (χ3n) is 3.80. The zero-order valence-corrected chi connectivity index (χ0v) is 14.6. The van der Waals surface area contributed by atoms with Crippen LogP contribution in [0.1, 0.15) is 6.92 Å². The molecule has 0 saturated heterocycles. The van der Waals surface area contributed by atoms with Gasteiger partial charge < -0.3 is 4.74 Å². The van der Waals surface area contributed by atoms with Crippen LogP contribution in [0.4, 0.5) is 0 Å². The summed E-state index contributed by atoms with van der Waals surface area (Å²) in [5, 5.41) is 8.72. The lowest BCUT2D eigenvalue weighted by atomic mass is 10.3. The molecule has 0 fully saturated rings. The van der Waals surface area contributed by atoms with E-state index in [-0.39, 0.29) is 17.1 Å². The van der Waals surface area contributed by atoms with E-state index < -0.39 is 0 Å². The second-order valence-electron chi connectivity index (χ2n) is 5.45. The third-order valence-corrected chi connectivity index (χ3v) is 4.06. The van der Waals surface area contributed by atoms with Crippen LogP contribution in [0.3, 0.4) is 0 Å². The maximum Gasteiger partial charge on any atom is 0.306 e. The molecule has 7 nitrogen and oxygen atoms in total. The number of halogens is 1. The normalized spacial score (nSPS) is 11.0. The number of aromatic nitrogens is 5. The Balaban J connectivity index is 1.98. The predicted molar refractivity (Wildman–Crippen MR) is 98.4 cm³/mol. The molecule has 4 rings (SSSR count). The molecule has 26 heavy (non-hydrogen) atoms. The minimum Gasteiger partial charge on any atom is -0.465 e. The molecule has 0 aliphatic heterocycles. The van der Waals surface area contributed by atoms with Crippen LogP contribution in [-0.4, -0.2) is 31.2 Å². The molecule has 130 valence electrons. The molecular formula is C18H14ClN5O2. The molecule has 0 atom stereocenters. The number of para-hydroxylation sites is 1. The molecule has 0 saturated carbocycles. The van der Waals surface area contributed by atoms with Crippen LogP contribution >= 0.6 is 11.6 Å². The second kappa shape index (κ2) is 6.61. The number of ether oxygens (including phenoxy) is 1. The van der Waals surface area contributed by atoms with E-state index >= 15 is 0 Å². The van der Waals surface area contributed by atoms with Gasteiger partial charge in [0, 0.05) is 5.02 Å². The Labute approximate surface area is 153 Å². The van der Waals surface area contributed by atoms with Gasteiger partial charge in [-0.3, -0.25) is 4.79 Å². The highest BCUT2D eigenvalue weighted by Crippen LogP contribution is 2.20. The number of nitrogens with zero attached hydrogens (tertiary/aromatic N) is 5. The van der Waals surface area contributed by atoms with Crippen molar-refractivity contribution in [3.8, 4) is 17.4 Å². The van der Waals surface area contributed by atoms with Crippen LogP contribution in [0.15, 0.2) is 59.4 Å². The molecule has 0 bridgehead atoms. The molecule has 2 aromatic carbocycles. The van der Waals surface area contributed by atoms with Crippen LogP contribution in [0.25, 0.3) is 22.5 Å². The number of rotatable bonds is 4. The minimum atomic E-state index is -0.343. The van der Waals surface area contributed by atoms with Gasteiger partial charge in [0.25, 0.3) is 5.56 Å². The van der Waals surface area contributed by atoms with E-state index in [2.05, 4.69) is 15.3 Å². The maximum atomic E-state index is 13.0. The Morgan fingerprint density at radius 2 is 1.77 bits per heavy atom. The van der Waals surface area contributed by atoms with Gasteiger partial charge in [-0.2, -0.15) is 9.67 Å². The third kappa shape index (κ3) is 2.72. The van der Waals surface area contributed by atoms with Crippen molar-refractivity contribution in [3.05, 3.63) is 70.0 Å². The van der Waals surface area contributed by atoms with E-state index in [4.69, 9.17) is 16.3 Å². The lowest BCUT2D eigenvalue weighted by Crippen LogP contribution is -2.22. The first-order valence-electron chi connectivity index (χ1n) is 8.01. The first kappa shape index (κ1) is 16.3. The smallest absolute Gasteiger partial charge is 0.306 e. The Hall–Kier alpha value is -3.19. The van der Waals surface area contributed by atoms with Crippen molar-refractivity contribution in [1.82, 2.24) is 24.5 Å². The van der Waals surface area contributed by atoms with Crippen molar-refractivity contribution >= 4 is 22.8 Å². The molecule has 0 aliphatic carbocycles. The van der Waals surface area contributed by atoms with Crippen molar-refractivity contribution in [3.63, 3.8) is 0 Å². The average molecular weight is 368 g/mol. The summed E-state index contributed by atoms with van der Waals surface area (Å²) in [6.45, 7) is 2.20.